The molecule has 0 radical (unpaired) electrons. The van der Waals surface area contributed by atoms with Crippen LogP contribution in [0.25, 0.3) is 5.57 Å². The third kappa shape index (κ3) is 4.53. The topological polar surface area (TPSA) is 23.6 Å². The Labute approximate surface area is 154 Å². The molecule has 0 bridgehead atoms. The lowest BCUT2D eigenvalue weighted by atomic mass is 9.97. The summed E-state index contributed by atoms with van der Waals surface area (Å²) in [5.74, 6) is 0.791. The molecule has 1 amide bonds. The third-order valence-corrected chi connectivity index (χ3v) is 5.42. The molecule has 1 fully saturated rings. The molecule has 1 saturated heterocycles. The summed E-state index contributed by atoms with van der Waals surface area (Å²) in [5.41, 5.74) is 3.55. The van der Waals surface area contributed by atoms with Crippen LogP contribution in [0.2, 0.25) is 0 Å². The second kappa shape index (κ2) is 8.37. The number of thioether (sulfide) groups is 1. The summed E-state index contributed by atoms with van der Waals surface area (Å²) in [5, 5.41) is 0.0860. The van der Waals surface area contributed by atoms with Gasteiger partial charge in [0.1, 0.15) is 0 Å². The van der Waals surface area contributed by atoms with Crippen molar-refractivity contribution in [1.29, 1.82) is 0 Å². The Morgan fingerprint density at radius 1 is 1.08 bits per heavy atom. The maximum atomic E-state index is 12.3. The molecule has 2 aromatic carbocycles. The van der Waals surface area contributed by atoms with E-state index in [9.17, 15) is 4.79 Å². The minimum atomic E-state index is 0.0860. The fourth-order valence-corrected chi connectivity index (χ4v) is 4.02. The van der Waals surface area contributed by atoms with Crippen LogP contribution in [-0.4, -0.2) is 54.0 Å². The number of hydrogen-bond donors (Lipinski definition) is 0. The Morgan fingerprint density at radius 3 is 2.16 bits per heavy atom. The van der Waals surface area contributed by atoms with E-state index in [4.69, 9.17) is 0 Å². The average Bonchev–Trinajstić information content (AvgIpc) is 2.99. The van der Waals surface area contributed by atoms with Gasteiger partial charge in [0.15, 0.2) is 0 Å². The zero-order chi connectivity index (χ0) is 17.6. The van der Waals surface area contributed by atoms with E-state index >= 15 is 0 Å². The molecule has 1 heterocycles. The highest BCUT2D eigenvalue weighted by atomic mass is 32.2. The smallest absolute Gasteiger partial charge is 0.233 e. The number of carbonyl (C=O) groups excluding carboxylic acids is 1. The van der Waals surface area contributed by atoms with Crippen molar-refractivity contribution in [2.24, 2.45) is 0 Å². The molecule has 3 rings (SSSR count). The normalized spacial score (nSPS) is 17.2. The molecule has 130 valence electrons. The molecule has 1 aliphatic rings. The van der Waals surface area contributed by atoms with E-state index in [2.05, 4.69) is 59.5 Å². The van der Waals surface area contributed by atoms with Gasteiger partial charge < -0.3 is 9.80 Å². The molecular formula is C21H24N2OS. The second-order valence-electron chi connectivity index (χ2n) is 6.40. The van der Waals surface area contributed by atoms with Crippen molar-refractivity contribution in [3.05, 3.63) is 77.9 Å². The zero-order valence-electron chi connectivity index (χ0n) is 14.8. The lowest BCUT2D eigenvalue weighted by molar-refractivity contribution is -0.127. The van der Waals surface area contributed by atoms with Gasteiger partial charge in [0.25, 0.3) is 0 Å². The van der Waals surface area contributed by atoms with Crippen LogP contribution in [0.5, 0.6) is 0 Å². The molecule has 0 aliphatic carbocycles. The molecule has 1 atom stereocenters. The Hall–Kier alpha value is -2.04. The van der Waals surface area contributed by atoms with Crippen molar-refractivity contribution in [3.8, 4) is 0 Å². The lowest BCUT2D eigenvalue weighted by Gasteiger charge is -2.24. The Kier molecular flexibility index (Phi) is 5.95. The number of hydrogen-bond acceptors (Lipinski definition) is 3. The monoisotopic (exact) mass is 352 g/mol. The molecule has 0 N–H and O–H groups in total. The van der Waals surface area contributed by atoms with Gasteiger partial charge in [-0.2, -0.15) is 0 Å². The van der Waals surface area contributed by atoms with Gasteiger partial charge in [-0.25, -0.2) is 0 Å². The number of rotatable bonds is 6. The van der Waals surface area contributed by atoms with Gasteiger partial charge in [0.05, 0.1) is 11.1 Å². The van der Waals surface area contributed by atoms with E-state index in [0.717, 1.165) is 13.1 Å². The zero-order valence-corrected chi connectivity index (χ0v) is 15.6. The summed E-state index contributed by atoms with van der Waals surface area (Å²) < 4.78 is 0. The highest BCUT2D eigenvalue weighted by Gasteiger charge is 2.30. The number of carbonyl (C=O) groups is 1. The lowest BCUT2D eigenvalue weighted by Crippen LogP contribution is -2.37. The summed E-state index contributed by atoms with van der Waals surface area (Å²) in [6.07, 6.45) is 2.25. The van der Waals surface area contributed by atoms with Crippen molar-refractivity contribution in [2.75, 3.05) is 32.9 Å². The summed E-state index contributed by atoms with van der Waals surface area (Å²) >= 11 is 1.71. The molecule has 4 heteroatoms. The fourth-order valence-electron chi connectivity index (χ4n) is 2.91. The molecule has 3 nitrogen and oxygen atoms in total. The highest BCUT2D eigenvalue weighted by Crippen LogP contribution is 2.31. The highest BCUT2D eigenvalue weighted by molar-refractivity contribution is 8.01. The van der Waals surface area contributed by atoms with E-state index in [1.54, 1.807) is 11.8 Å². The van der Waals surface area contributed by atoms with Gasteiger partial charge in [0, 0.05) is 13.1 Å². The van der Waals surface area contributed by atoms with Crippen LogP contribution in [0.4, 0.5) is 0 Å². The van der Waals surface area contributed by atoms with E-state index in [1.165, 1.54) is 16.7 Å². The minimum Gasteiger partial charge on any atom is -0.325 e. The minimum absolute atomic E-state index is 0.0860. The standard InChI is InChI=1S/C21H24N2OS/c1-22(2)13-14-23-20(24)16-25-21(23)15-19(17-9-5-3-6-10-17)18-11-7-4-8-12-18/h3-12,15,21H,13-14,16H2,1-2H3. The van der Waals surface area contributed by atoms with Crippen LogP contribution < -0.4 is 0 Å². The Morgan fingerprint density at radius 2 is 1.64 bits per heavy atom. The fraction of sp³-hybridized carbons (Fsp3) is 0.286. The maximum Gasteiger partial charge on any atom is 0.233 e. The first-order chi connectivity index (χ1) is 12.1. The van der Waals surface area contributed by atoms with Crippen molar-refractivity contribution in [3.63, 3.8) is 0 Å². The molecule has 1 unspecified atom stereocenters. The number of nitrogens with zero attached hydrogens (tertiary/aromatic N) is 2. The SMILES string of the molecule is CN(C)CCN1C(=O)CSC1C=C(c1ccccc1)c1ccccc1. The van der Waals surface area contributed by atoms with Crippen molar-refractivity contribution in [1.82, 2.24) is 9.80 Å². The second-order valence-corrected chi connectivity index (χ2v) is 7.51. The summed E-state index contributed by atoms with van der Waals surface area (Å²) in [4.78, 5) is 16.4. The molecular weight excluding hydrogens is 328 g/mol. The first-order valence-corrected chi connectivity index (χ1v) is 9.58. The van der Waals surface area contributed by atoms with Gasteiger partial charge >= 0.3 is 0 Å². The molecule has 2 aromatic rings. The van der Waals surface area contributed by atoms with E-state index < -0.39 is 0 Å². The van der Waals surface area contributed by atoms with Crippen LogP contribution in [0, 0.1) is 0 Å². The average molecular weight is 353 g/mol. The quantitative estimate of drug-likeness (QED) is 0.794. The molecule has 25 heavy (non-hydrogen) atoms. The summed E-state index contributed by atoms with van der Waals surface area (Å²) in [6, 6.07) is 20.8. The van der Waals surface area contributed by atoms with Crippen LogP contribution in [0.1, 0.15) is 11.1 Å². The third-order valence-electron chi connectivity index (χ3n) is 4.27. The van der Waals surface area contributed by atoms with Gasteiger partial charge in [-0.1, -0.05) is 60.7 Å². The van der Waals surface area contributed by atoms with Gasteiger partial charge in [0.2, 0.25) is 5.91 Å². The first kappa shape index (κ1) is 17.8. The largest absolute Gasteiger partial charge is 0.325 e. The Bertz CT molecular complexity index is 687. The van der Waals surface area contributed by atoms with Crippen LogP contribution in [0.15, 0.2) is 66.7 Å². The van der Waals surface area contributed by atoms with Crippen LogP contribution >= 0.6 is 11.8 Å². The summed E-state index contributed by atoms with van der Waals surface area (Å²) in [6.45, 7) is 1.64. The molecule has 0 aromatic heterocycles. The number of benzene rings is 2. The van der Waals surface area contributed by atoms with Crippen LogP contribution in [-0.2, 0) is 4.79 Å². The Balaban J connectivity index is 1.93. The predicted octanol–water partition coefficient (Wildman–Crippen LogP) is 3.58. The van der Waals surface area contributed by atoms with E-state index in [-0.39, 0.29) is 11.3 Å². The molecule has 0 spiro atoms. The first-order valence-electron chi connectivity index (χ1n) is 8.53. The summed E-state index contributed by atoms with van der Waals surface area (Å²) in [7, 11) is 4.08. The molecule has 0 saturated carbocycles. The van der Waals surface area contributed by atoms with Gasteiger partial charge in [-0.15, -0.1) is 11.8 Å². The number of likely N-dealkylation sites (N-methyl/N-ethyl adjacent to an activating group) is 1. The van der Waals surface area contributed by atoms with Crippen LogP contribution in [0.3, 0.4) is 0 Å². The van der Waals surface area contributed by atoms with Gasteiger partial charge in [-0.05, 0) is 36.9 Å². The predicted molar refractivity (Wildman–Crippen MR) is 106 cm³/mol. The van der Waals surface area contributed by atoms with E-state index in [1.807, 2.05) is 31.1 Å². The van der Waals surface area contributed by atoms with Gasteiger partial charge in [-0.3, -0.25) is 4.79 Å². The van der Waals surface area contributed by atoms with Crippen molar-refractivity contribution >= 4 is 23.2 Å². The van der Waals surface area contributed by atoms with E-state index in [0.29, 0.717) is 5.75 Å². The van der Waals surface area contributed by atoms with Crippen molar-refractivity contribution < 1.29 is 4.79 Å². The molecule has 1 aliphatic heterocycles. The van der Waals surface area contributed by atoms with Crippen molar-refractivity contribution in [2.45, 2.75) is 5.37 Å². The maximum absolute atomic E-state index is 12.3. The number of amides is 1.